The van der Waals surface area contributed by atoms with E-state index in [9.17, 15) is 15.3 Å². The Bertz CT molecular complexity index is 683. The van der Waals surface area contributed by atoms with Crippen LogP contribution in [0.5, 0.6) is 0 Å². The van der Waals surface area contributed by atoms with E-state index in [0.29, 0.717) is 30.1 Å². The Labute approximate surface area is 184 Å². The molecule has 3 aliphatic carbocycles. The van der Waals surface area contributed by atoms with E-state index in [-0.39, 0.29) is 0 Å². The monoisotopic (exact) mass is 416 g/mol. The summed E-state index contributed by atoms with van der Waals surface area (Å²) in [7, 11) is 0. The van der Waals surface area contributed by atoms with Gasteiger partial charge in [0.15, 0.2) is 0 Å². The van der Waals surface area contributed by atoms with Gasteiger partial charge < -0.3 is 15.3 Å². The maximum atomic E-state index is 10.1. The first-order valence-electron chi connectivity index (χ1n) is 12.2. The first kappa shape index (κ1) is 23.8. The van der Waals surface area contributed by atoms with Gasteiger partial charge in [-0.05, 0) is 93.1 Å². The number of hydrogen-bond acceptors (Lipinski definition) is 3. The van der Waals surface area contributed by atoms with Gasteiger partial charge in [-0.1, -0.05) is 51.0 Å². The van der Waals surface area contributed by atoms with Crippen LogP contribution in [0.25, 0.3) is 0 Å². The maximum Gasteiger partial charge on any atom is 0.0811 e. The molecule has 0 aromatic heterocycles. The molecule has 0 saturated heterocycles. The van der Waals surface area contributed by atoms with Crippen LogP contribution in [0.1, 0.15) is 91.9 Å². The summed E-state index contributed by atoms with van der Waals surface area (Å²) in [6.45, 7) is 12.8. The highest BCUT2D eigenvalue weighted by atomic mass is 16.3. The van der Waals surface area contributed by atoms with Gasteiger partial charge >= 0.3 is 0 Å². The average molecular weight is 417 g/mol. The summed E-state index contributed by atoms with van der Waals surface area (Å²) in [4.78, 5) is 0. The van der Waals surface area contributed by atoms with Crippen molar-refractivity contribution < 1.29 is 15.3 Å². The molecule has 3 N–H and O–H groups in total. The van der Waals surface area contributed by atoms with Crippen LogP contribution in [0.2, 0.25) is 0 Å². The zero-order valence-corrected chi connectivity index (χ0v) is 19.7. The van der Waals surface area contributed by atoms with Crippen LogP contribution >= 0.6 is 0 Å². The smallest absolute Gasteiger partial charge is 0.0811 e. The molecule has 3 nitrogen and oxygen atoms in total. The van der Waals surface area contributed by atoms with E-state index in [0.717, 1.165) is 29.9 Å². The van der Waals surface area contributed by atoms with Gasteiger partial charge in [-0.15, -0.1) is 0 Å². The van der Waals surface area contributed by atoms with Crippen LogP contribution in [0.3, 0.4) is 0 Å². The molecule has 0 unspecified atom stereocenters. The third-order valence-electron chi connectivity index (χ3n) is 8.44. The van der Waals surface area contributed by atoms with Gasteiger partial charge in [-0.3, -0.25) is 0 Å². The van der Waals surface area contributed by atoms with Gasteiger partial charge in [0, 0.05) is 6.42 Å². The van der Waals surface area contributed by atoms with E-state index in [1.165, 1.54) is 38.5 Å². The van der Waals surface area contributed by atoms with Crippen LogP contribution in [0, 0.1) is 23.2 Å². The summed E-state index contributed by atoms with van der Waals surface area (Å²) in [5, 5.41) is 30.2. The highest BCUT2D eigenvalue weighted by Gasteiger charge is 2.50. The summed E-state index contributed by atoms with van der Waals surface area (Å²) in [5.74, 6) is 2.11. The van der Waals surface area contributed by atoms with Crippen LogP contribution in [0.15, 0.2) is 35.5 Å². The van der Waals surface area contributed by atoms with Crippen LogP contribution < -0.4 is 0 Å². The molecular weight excluding hydrogens is 372 g/mol. The predicted molar refractivity (Wildman–Crippen MR) is 124 cm³/mol. The first-order chi connectivity index (χ1) is 14.0. The van der Waals surface area contributed by atoms with Gasteiger partial charge in [-0.2, -0.15) is 0 Å². The minimum Gasteiger partial charge on any atom is -0.393 e. The highest BCUT2D eigenvalue weighted by Crippen LogP contribution is 2.60. The van der Waals surface area contributed by atoms with E-state index in [2.05, 4.69) is 32.6 Å². The van der Waals surface area contributed by atoms with E-state index < -0.39 is 17.8 Å². The van der Waals surface area contributed by atoms with E-state index in [1.807, 2.05) is 13.8 Å². The van der Waals surface area contributed by atoms with Crippen LogP contribution in [-0.2, 0) is 0 Å². The molecule has 0 heterocycles. The van der Waals surface area contributed by atoms with Crippen molar-refractivity contribution in [3.8, 4) is 0 Å². The maximum absolute atomic E-state index is 10.1. The summed E-state index contributed by atoms with van der Waals surface area (Å²) >= 11 is 0. The topological polar surface area (TPSA) is 60.7 Å². The number of aliphatic hydroxyl groups is 3. The molecule has 0 aromatic carbocycles. The third kappa shape index (κ3) is 5.29. The quantitative estimate of drug-likeness (QED) is 0.520. The van der Waals surface area contributed by atoms with Crippen LogP contribution in [0.4, 0.5) is 0 Å². The molecule has 0 bridgehead atoms. The minimum atomic E-state index is -0.615. The zero-order chi connectivity index (χ0) is 22.1. The molecule has 170 valence electrons. The van der Waals surface area contributed by atoms with Crippen molar-refractivity contribution >= 4 is 0 Å². The number of fused-ring (bicyclic) bond motifs is 1. The number of allylic oxidation sites excluding steroid dienone is 3. The third-order valence-corrected chi connectivity index (χ3v) is 8.44. The molecule has 3 rings (SSSR count). The average Bonchev–Trinajstić information content (AvgIpc) is 3.00. The second-order valence-electron chi connectivity index (χ2n) is 11.3. The molecule has 0 aromatic rings. The Hall–Kier alpha value is -0.900. The largest absolute Gasteiger partial charge is 0.393 e. The van der Waals surface area contributed by atoms with Gasteiger partial charge in [-0.25, -0.2) is 0 Å². The molecule has 3 heteroatoms. The molecule has 0 amide bonds. The fraction of sp³-hybridized carbons (Fsp3) is 0.778. The van der Waals surface area contributed by atoms with Gasteiger partial charge in [0.2, 0.25) is 0 Å². The van der Waals surface area contributed by atoms with Crippen molar-refractivity contribution in [2.24, 2.45) is 23.2 Å². The van der Waals surface area contributed by atoms with E-state index in [1.54, 1.807) is 5.57 Å². The van der Waals surface area contributed by atoms with Crippen molar-refractivity contribution in [3.63, 3.8) is 0 Å². The Kier molecular flexibility index (Phi) is 7.37. The Morgan fingerprint density at radius 1 is 1.23 bits per heavy atom. The summed E-state index contributed by atoms with van der Waals surface area (Å²) in [5.41, 5.74) is 3.17. The molecule has 3 saturated carbocycles. The minimum absolute atomic E-state index is 0.374. The van der Waals surface area contributed by atoms with E-state index >= 15 is 0 Å². The van der Waals surface area contributed by atoms with Gasteiger partial charge in [0.25, 0.3) is 0 Å². The van der Waals surface area contributed by atoms with E-state index in [4.69, 9.17) is 0 Å². The van der Waals surface area contributed by atoms with Crippen molar-refractivity contribution in [2.45, 2.75) is 110 Å². The van der Waals surface area contributed by atoms with Crippen LogP contribution in [-0.4, -0.2) is 33.1 Å². The lowest BCUT2D eigenvalue weighted by molar-refractivity contribution is 0.0596. The second-order valence-corrected chi connectivity index (χ2v) is 11.3. The molecular formula is C27H44O3. The molecule has 0 radical (unpaired) electrons. The lowest BCUT2D eigenvalue weighted by Gasteiger charge is -2.44. The number of rotatable bonds is 6. The van der Waals surface area contributed by atoms with Gasteiger partial charge in [0.05, 0.1) is 17.8 Å². The van der Waals surface area contributed by atoms with Crippen molar-refractivity contribution in [1.29, 1.82) is 0 Å². The summed E-state index contributed by atoms with van der Waals surface area (Å²) in [6, 6.07) is 0. The van der Waals surface area contributed by atoms with Crippen molar-refractivity contribution in [3.05, 3.63) is 35.5 Å². The lowest BCUT2D eigenvalue weighted by Crippen LogP contribution is -2.36. The fourth-order valence-electron chi connectivity index (χ4n) is 6.74. The summed E-state index contributed by atoms with van der Waals surface area (Å²) < 4.78 is 0. The number of hydrogen-bond donors (Lipinski definition) is 3. The van der Waals surface area contributed by atoms with Crippen molar-refractivity contribution in [2.75, 3.05) is 0 Å². The normalized spacial score (nSPS) is 38.8. The first-order valence-corrected chi connectivity index (χ1v) is 12.2. The molecule has 6 atom stereocenters. The summed E-state index contributed by atoms with van der Waals surface area (Å²) in [6.07, 6.45) is 13.9. The molecule has 30 heavy (non-hydrogen) atoms. The number of aliphatic hydroxyl groups excluding tert-OH is 2. The van der Waals surface area contributed by atoms with Gasteiger partial charge in [0.1, 0.15) is 0 Å². The highest BCUT2D eigenvalue weighted by molar-refractivity contribution is 5.38. The molecule has 3 fully saturated rings. The molecule has 0 aliphatic heterocycles. The Morgan fingerprint density at radius 3 is 2.67 bits per heavy atom. The Balaban J connectivity index is 1.70. The second kappa shape index (κ2) is 9.30. The fourth-order valence-corrected chi connectivity index (χ4v) is 6.74. The Morgan fingerprint density at radius 2 is 1.97 bits per heavy atom. The predicted octanol–water partition coefficient (Wildman–Crippen LogP) is 5.70. The standard InChI is InChI=1S/C27H44O3/c1-18(8-6-14-26(3,4)30)23-12-13-24-20(9-7-15-27(23,24)5)10-11-21-16-22(28)17-25(29)19(21)2/h10-11,18,22-25,28-30H,2,6-9,12-17H2,1,3-5H3/b20-10+,21-11+/t18-,22-,23-,24-,25+,27+/m1/s1. The SMILES string of the molecule is C=C1/C(=C/C=C2\CCC[C@]3(C)[C@@H]2CC[C@@H]3[C@H](C)CCCC(C)(C)O)C[C@@H](O)C[C@@H]1O. The van der Waals surface area contributed by atoms with Crippen molar-refractivity contribution in [1.82, 2.24) is 0 Å². The molecule has 0 spiro atoms. The zero-order valence-electron chi connectivity index (χ0n) is 19.7. The molecule has 3 aliphatic rings. The lowest BCUT2D eigenvalue weighted by atomic mass is 9.60.